The van der Waals surface area contributed by atoms with Crippen LogP contribution < -0.4 is 4.74 Å². The molecule has 1 heterocycles. The van der Waals surface area contributed by atoms with Crippen LogP contribution in [-0.4, -0.2) is 52.7 Å². The van der Waals surface area contributed by atoms with Gasteiger partial charge in [0.1, 0.15) is 17.2 Å². The number of alkyl halides is 5. The Morgan fingerprint density at radius 1 is 0.933 bits per heavy atom. The summed E-state index contributed by atoms with van der Waals surface area (Å²) in [5, 5.41) is 30.3. The summed E-state index contributed by atoms with van der Waals surface area (Å²) in [5.41, 5.74) is 1.74. The molecule has 252 valence electrons. The van der Waals surface area contributed by atoms with Gasteiger partial charge in [-0.1, -0.05) is 63.6 Å². The monoisotopic (exact) mass is 644 g/mol. The van der Waals surface area contributed by atoms with Gasteiger partial charge in [-0.05, 0) is 61.9 Å². The van der Waals surface area contributed by atoms with Crippen LogP contribution in [0.1, 0.15) is 102 Å². The minimum atomic E-state index is -5.66. The van der Waals surface area contributed by atoms with Crippen molar-refractivity contribution in [1.82, 2.24) is 0 Å². The van der Waals surface area contributed by atoms with Crippen LogP contribution in [0.4, 0.5) is 22.0 Å². The van der Waals surface area contributed by atoms with Crippen molar-refractivity contribution in [1.29, 1.82) is 0 Å². The summed E-state index contributed by atoms with van der Waals surface area (Å²) in [6.45, 7) is 4.14. The van der Waals surface area contributed by atoms with E-state index in [-0.39, 0.29) is 42.3 Å². The van der Waals surface area contributed by atoms with E-state index < -0.39 is 42.9 Å². The summed E-state index contributed by atoms with van der Waals surface area (Å²) in [5.74, 6) is -5.66. The first-order valence-corrected chi connectivity index (χ1v) is 15.7. The molecule has 1 aliphatic rings. The topological polar surface area (TPSA) is 96.2 Å². The second-order valence-electron chi connectivity index (χ2n) is 12.2. The molecule has 4 unspecified atom stereocenters. The van der Waals surface area contributed by atoms with E-state index >= 15 is 0 Å². The molecule has 1 aliphatic heterocycles. The summed E-state index contributed by atoms with van der Waals surface area (Å²) >= 11 is 0. The first kappa shape index (κ1) is 36.4. The maximum atomic E-state index is 13.3. The molecule has 4 atom stereocenters. The Balaban J connectivity index is 1.47. The van der Waals surface area contributed by atoms with Crippen LogP contribution >= 0.6 is 0 Å². The fourth-order valence-corrected chi connectivity index (χ4v) is 6.22. The molecule has 2 aromatic carbocycles. The number of ether oxygens (including phenoxy) is 2. The van der Waals surface area contributed by atoms with Crippen LogP contribution in [0.25, 0.3) is 0 Å². The fourth-order valence-electron chi connectivity index (χ4n) is 6.22. The molecule has 0 saturated carbocycles. The Bertz CT molecular complexity index is 1220. The van der Waals surface area contributed by atoms with Crippen molar-refractivity contribution in [2.75, 3.05) is 13.2 Å². The SMILES string of the molecule is CCOC(=O)C(CCCC(F)(F)C(F)(F)F)C(O)CCCCCCCCC1c2ccc(O)cc2OCC1(C)c1ccc(O)cc1. The average molecular weight is 645 g/mol. The molecule has 0 aliphatic carbocycles. The molecular weight excluding hydrogens is 599 g/mol. The molecular formula is C34H45F5O6. The Morgan fingerprint density at radius 2 is 1.56 bits per heavy atom. The van der Waals surface area contributed by atoms with Gasteiger partial charge >= 0.3 is 18.1 Å². The van der Waals surface area contributed by atoms with Gasteiger partial charge in [0.15, 0.2) is 0 Å². The largest absolute Gasteiger partial charge is 0.508 e. The van der Waals surface area contributed by atoms with E-state index in [0.717, 1.165) is 49.7 Å². The minimum absolute atomic E-state index is 0.0107. The zero-order chi connectivity index (χ0) is 33.3. The van der Waals surface area contributed by atoms with E-state index in [1.54, 1.807) is 31.2 Å². The van der Waals surface area contributed by atoms with E-state index in [0.29, 0.717) is 18.8 Å². The van der Waals surface area contributed by atoms with Crippen LogP contribution in [0.2, 0.25) is 0 Å². The lowest BCUT2D eigenvalue weighted by atomic mass is 9.66. The zero-order valence-corrected chi connectivity index (χ0v) is 25.9. The van der Waals surface area contributed by atoms with Crippen molar-refractivity contribution in [2.45, 2.75) is 114 Å². The van der Waals surface area contributed by atoms with Crippen LogP contribution in [0, 0.1) is 5.92 Å². The fraction of sp³-hybridized carbons (Fsp3) is 0.618. The molecule has 3 N–H and O–H groups in total. The van der Waals surface area contributed by atoms with E-state index in [9.17, 15) is 42.1 Å². The second-order valence-corrected chi connectivity index (χ2v) is 12.2. The van der Waals surface area contributed by atoms with Gasteiger partial charge in [0.05, 0.1) is 25.2 Å². The first-order chi connectivity index (χ1) is 21.2. The minimum Gasteiger partial charge on any atom is -0.508 e. The number of esters is 1. The number of hydrogen-bond donors (Lipinski definition) is 3. The molecule has 0 amide bonds. The highest BCUT2D eigenvalue weighted by molar-refractivity contribution is 5.73. The predicted octanol–water partition coefficient (Wildman–Crippen LogP) is 8.56. The van der Waals surface area contributed by atoms with Gasteiger partial charge < -0.3 is 24.8 Å². The lowest BCUT2D eigenvalue weighted by molar-refractivity contribution is -0.284. The third kappa shape index (κ3) is 9.70. The number of rotatable bonds is 17. The smallest absolute Gasteiger partial charge is 0.453 e. The number of unbranched alkanes of at least 4 members (excludes halogenated alkanes) is 5. The van der Waals surface area contributed by atoms with Gasteiger partial charge in [-0.25, -0.2) is 0 Å². The first-order valence-electron chi connectivity index (χ1n) is 15.7. The number of halogens is 5. The van der Waals surface area contributed by atoms with Crippen molar-refractivity contribution in [3.8, 4) is 17.2 Å². The lowest BCUT2D eigenvalue weighted by Crippen LogP contribution is -2.40. The number of phenols is 2. The molecule has 2 aromatic rings. The molecule has 0 radical (unpaired) electrons. The van der Waals surface area contributed by atoms with Gasteiger partial charge in [0.2, 0.25) is 0 Å². The van der Waals surface area contributed by atoms with Crippen LogP contribution in [0.3, 0.4) is 0 Å². The van der Waals surface area contributed by atoms with Gasteiger partial charge in [0, 0.05) is 23.8 Å². The molecule has 11 heteroatoms. The molecule has 0 aromatic heterocycles. The summed E-state index contributed by atoms with van der Waals surface area (Å²) in [6.07, 6.45) is -3.03. The van der Waals surface area contributed by atoms with E-state index in [1.165, 1.54) is 0 Å². The van der Waals surface area contributed by atoms with Crippen LogP contribution in [0.15, 0.2) is 42.5 Å². The lowest BCUT2D eigenvalue weighted by Gasteiger charge is -2.43. The Labute approximate surface area is 261 Å². The van der Waals surface area contributed by atoms with Crippen molar-refractivity contribution >= 4 is 5.97 Å². The van der Waals surface area contributed by atoms with Gasteiger partial charge in [-0.2, -0.15) is 22.0 Å². The quantitative estimate of drug-likeness (QED) is 0.0908. The molecule has 3 rings (SSSR count). The number of benzene rings is 2. The Kier molecular flexibility index (Phi) is 12.9. The number of carbonyl (C=O) groups is 1. The summed E-state index contributed by atoms with van der Waals surface area (Å²) < 4.78 is 75.0. The second kappa shape index (κ2) is 16.0. The van der Waals surface area contributed by atoms with Crippen molar-refractivity contribution < 1.29 is 51.5 Å². The normalized spacial score (nSPS) is 19.8. The van der Waals surface area contributed by atoms with E-state index in [2.05, 4.69) is 6.92 Å². The Morgan fingerprint density at radius 3 is 2.20 bits per heavy atom. The zero-order valence-electron chi connectivity index (χ0n) is 25.9. The Hall–Kier alpha value is -3.08. The number of aromatic hydroxyl groups is 2. The highest BCUT2D eigenvalue weighted by atomic mass is 19.4. The maximum absolute atomic E-state index is 13.3. The molecule has 0 spiro atoms. The molecule has 0 saturated heterocycles. The highest BCUT2D eigenvalue weighted by Gasteiger charge is 2.56. The number of aliphatic hydroxyl groups is 1. The summed E-state index contributed by atoms with van der Waals surface area (Å²) in [4.78, 5) is 12.3. The summed E-state index contributed by atoms with van der Waals surface area (Å²) in [6, 6.07) is 12.4. The standard InChI is InChI=1S/C34H45F5O6/c1-3-44-31(43)27(11-10-20-33(35,36)34(37,38)39)29(42)13-9-7-5-4-6-8-12-28-26-19-18-25(41)21-30(26)45-22-32(28,2)23-14-16-24(40)17-15-23/h14-19,21,27-29,40-42H,3-13,20,22H2,1-2H3. The number of carbonyl (C=O) groups excluding carboxylic acids is 1. The predicted molar refractivity (Wildman–Crippen MR) is 160 cm³/mol. The van der Waals surface area contributed by atoms with Gasteiger partial charge in [-0.3, -0.25) is 4.79 Å². The van der Waals surface area contributed by atoms with Crippen molar-refractivity contribution in [3.63, 3.8) is 0 Å². The van der Waals surface area contributed by atoms with Gasteiger partial charge in [0.25, 0.3) is 0 Å². The number of fused-ring (bicyclic) bond motifs is 1. The molecule has 45 heavy (non-hydrogen) atoms. The average Bonchev–Trinajstić information content (AvgIpc) is 2.97. The third-order valence-corrected chi connectivity index (χ3v) is 8.91. The maximum Gasteiger partial charge on any atom is 0.453 e. The third-order valence-electron chi connectivity index (χ3n) is 8.91. The number of aliphatic hydroxyl groups excluding tert-OH is 1. The summed E-state index contributed by atoms with van der Waals surface area (Å²) in [7, 11) is 0. The number of phenolic OH excluding ortho intramolecular Hbond substituents is 2. The number of hydrogen-bond acceptors (Lipinski definition) is 6. The van der Waals surface area contributed by atoms with Crippen molar-refractivity contribution in [3.05, 3.63) is 53.6 Å². The molecule has 0 bridgehead atoms. The van der Waals surface area contributed by atoms with E-state index in [4.69, 9.17) is 9.47 Å². The molecule has 6 nitrogen and oxygen atoms in total. The van der Waals surface area contributed by atoms with Crippen LogP contribution in [0.5, 0.6) is 17.2 Å². The highest BCUT2D eigenvalue weighted by Crippen LogP contribution is 2.50. The van der Waals surface area contributed by atoms with Crippen LogP contribution in [-0.2, 0) is 14.9 Å². The van der Waals surface area contributed by atoms with E-state index in [1.807, 2.05) is 18.2 Å². The van der Waals surface area contributed by atoms with Crippen molar-refractivity contribution in [2.24, 2.45) is 5.92 Å². The van der Waals surface area contributed by atoms with Gasteiger partial charge in [-0.15, -0.1) is 0 Å². The molecule has 0 fully saturated rings.